The zero-order valence-electron chi connectivity index (χ0n) is 10.4. The van der Waals surface area contributed by atoms with Crippen LogP contribution >= 0.6 is 15.9 Å². The number of halogens is 1. The molecule has 1 aromatic carbocycles. The predicted molar refractivity (Wildman–Crippen MR) is 76.7 cm³/mol. The summed E-state index contributed by atoms with van der Waals surface area (Å²) < 4.78 is 24.8. The first kappa shape index (κ1) is 14.7. The van der Waals surface area contributed by atoms with Crippen molar-refractivity contribution in [3.05, 3.63) is 40.5 Å². The van der Waals surface area contributed by atoms with Crippen molar-refractivity contribution >= 4 is 37.7 Å². The number of nitrogens with one attached hydrogen (secondary N) is 1. The molecule has 3 N–H and O–H groups in total. The highest BCUT2D eigenvalue weighted by molar-refractivity contribution is 9.10. The van der Waals surface area contributed by atoms with Crippen LogP contribution in [0.25, 0.3) is 0 Å². The van der Waals surface area contributed by atoms with E-state index in [2.05, 4.69) is 26.3 Å². The van der Waals surface area contributed by atoms with Crippen LogP contribution in [-0.2, 0) is 17.1 Å². The number of primary sulfonamides is 1. The molecule has 2 rings (SSSR count). The van der Waals surface area contributed by atoms with Crippen LogP contribution in [0.4, 0.5) is 5.82 Å². The molecule has 0 unspecified atom stereocenters. The van der Waals surface area contributed by atoms with Gasteiger partial charge in [0.1, 0.15) is 4.90 Å². The number of benzene rings is 1. The summed E-state index contributed by atoms with van der Waals surface area (Å²) in [7, 11) is -2.42. The van der Waals surface area contributed by atoms with E-state index in [-0.39, 0.29) is 10.7 Å². The van der Waals surface area contributed by atoms with Crippen LogP contribution in [0.2, 0.25) is 0 Å². The number of sulfonamides is 1. The van der Waals surface area contributed by atoms with Crippen LogP contribution in [-0.4, -0.2) is 24.1 Å². The van der Waals surface area contributed by atoms with Gasteiger partial charge in [-0.15, -0.1) is 0 Å². The number of nitrogens with zero attached hydrogens (tertiary/aromatic N) is 2. The van der Waals surface area contributed by atoms with Gasteiger partial charge in [0.2, 0.25) is 10.0 Å². The van der Waals surface area contributed by atoms with E-state index in [0.29, 0.717) is 5.56 Å². The van der Waals surface area contributed by atoms with E-state index in [1.165, 1.54) is 17.9 Å². The maximum atomic E-state index is 12.0. The maximum Gasteiger partial charge on any atom is 0.256 e. The average molecular weight is 359 g/mol. The Morgan fingerprint density at radius 3 is 2.75 bits per heavy atom. The summed E-state index contributed by atoms with van der Waals surface area (Å²) >= 11 is 3.25. The quantitative estimate of drug-likeness (QED) is 0.855. The van der Waals surface area contributed by atoms with Crippen molar-refractivity contribution in [1.82, 2.24) is 9.78 Å². The lowest BCUT2D eigenvalue weighted by Crippen LogP contribution is -2.17. The van der Waals surface area contributed by atoms with Crippen molar-refractivity contribution in [2.24, 2.45) is 12.2 Å². The van der Waals surface area contributed by atoms with E-state index in [4.69, 9.17) is 5.14 Å². The molecule has 0 saturated heterocycles. The SMILES string of the molecule is Cn1cc(S(N)(=O)=O)c(NC(=O)c2cccc(Br)c2)n1. The van der Waals surface area contributed by atoms with Gasteiger partial charge in [0.05, 0.1) is 0 Å². The van der Waals surface area contributed by atoms with Gasteiger partial charge in [0, 0.05) is 23.3 Å². The Morgan fingerprint density at radius 2 is 2.15 bits per heavy atom. The molecule has 1 heterocycles. The molecule has 0 aliphatic carbocycles. The van der Waals surface area contributed by atoms with Gasteiger partial charge >= 0.3 is 0 Å². The summed E-state index contributed by atoms with van der Waals surface area (Å²) in [5.74, 6) is -0.574. The summed E-state index contributed by atoms with van der Waals surface area (Å²) in [5.41, 5.74) is 0.366. The molecule has 0 aliphatic rings. The van der Waals surface area contributed by atoms with E-state index >= 15 is 0 Å². The molecule has 1 aromatic heterocycles. The highest BCUT2D eigenvalue weighted by atomic mass is 79.9. The summed E-state index contributed by atoms with van der Waals surface area (Å²) in [6, 6.07) is 6.67. The molecule has 9 heteroatoms. The average Bonchev–Trinajstić information content (AvgIpc) is 2.70. The molecule has 20 heavy (non-hydrogen) atoms. The summed E-state index contributed by atoms with van der Waals surface area (Å²) in [5, 5.41) is 11.4. The van der Waals surface area contributed by atoms with Crippen molar-refractivity contribution in [3.8, 4) is 0 Å². The smallest absolute Gasteiger partial charge is 0.256 e. The molecule has 2 aromatic rings. The Kier molecular flexibility index (Phi) is 3.93. The number of carbonyl (C=O) groups is 1. The van der Waals surface area contributed by atoms with E-state index in [9.17, 15) is 13.2 Å². The van der Waals surface area contributed by atoms with Gasteiger partial charge in [-0.3, -0.25) is 9.48 Å². The Balaban J connectivity index is 2.34. The molecule has 7 nitrogen and oxygen atoms in total. The van der Waals surface area contributed by atoms with Crippen LogP contribution in [0.5, 0.6) is 0 Å². The first-order valence-electron chi connectivity index (χ1n) is 5.41. The first-order chi connectivity index (χ1) is 9.27. The van der Waals surface area contributed by atoms with Crippen molar-refractivity contribution in [2.45, 2.75) is 4.90 Å². The second kappa shape index (κ2) is 5.35. The van der Waals surface area contributed by atoms with Crippen molar-refractivity contribution in [1.29, 1.82) is 0 Å². The van der Waals surface area contributed by atoms with Crippen molar-refractivity contribution < 1.29 is 13.2 Å². The molecule has 0 spiro atoms. The number of hydrogen-bond acceptors (Lipinski definition) is 4. The number of rotatable bonds is 3. The zero-order valence-corrected chi connectivity index (χ0v) is 12.8. The predicted octanol–water partition coefficient (Wildman–Crippen LogP) is 1.08. The van der Waals surface area contributed by atoms with Gasteiger partial charge in [-0.1, -0.05) is 22.0 Å². The molecule has 0 aliphatic heterocycles. The van der Waals surface area contributed by atoms with Crippen LogP contribution in [0.3, 0.4) is 0 Å². The molecule has 106 valence electrons. The summed E-state index contributed by atoms with van der Waals surface area (Å²) in [4.78, 5) is 11.8. The van der Waals surface area contributed by atoms with Crippen molar-refractivity contribution in [3.63, 3.8) is 0 Å². The standard InChI is InChI=1S/C11H11BrN4O3S/c1-16-6-9(20(13,18)19)10(15-16)14-11(17)7-3-2-4-8(12)5-7/h2-6H,1H3,(H2,13,18,19)(H,14,15,17). The van der Waals surface area contributed by atoms with Gasteiger partial charge in [-0.25, -0.2) is 13.6 Å². The Hall–Kier alpha value is -1.71. The van der Waals surface area contributed by atoms with Gasteiger partial charge < -0.3 is 5.32 Å². The number of aromatic nitrogens is 2. The molecular weight excluding hydrogens is 348 g/mol. The number of anilines is 1. The van der Waals surface area contributed by atoms with E-state index in [1.807, 2.05) is 0 Å². The molecule has 0 saturated carbocycles. The monoisotopic (exact) mass is 358 g/mol. The van der Waals surface area contributed by atoms with Crippen LogP contribution < -0.4 is 10.5 Å². The fourth-order valence-electron chi connectivity index (χ4n) is 1.57. The maximum absolute atomic E-state index is 12.0. The first-order valence-corrected chi connectivity index (χ1v) is 7.74. The molecule has 0 fully saturated rings. The van der Waals surface area contributed by atoms with E-state index in [0.717, 1.165) is 4.47 Å². The van der Waals surface area contributed by atoms with Gasteiger partial charge in [0.25, 0.3) is 5.91 Å². The fourth-order valence-corrected chi connectivity index (χ4v) is 2.63. The van der Waals surface area contributed by atoms with E-state index < -0.39 is 15.9 Å². The summed E-state index contributed by atoms with van der Waals surface area (Å²) in [6.45, 7) is 0. The second-order valence-electron chi connectivity index (χ2n) is 4.03. The van der Waals surface area contributed by atoms with Gasteiger partial charge in [-0.05, 0) is 18.2 Å². The third-order valence-electron chi connectivity index (χ3n) is 2.42. The Morgan fingerprint density at radius 1 is 1.45 bits per heavy atom. The largest absolute Gasteiger partial charge is 0.304 e. The highest BCUT2D eigenvalue weighted by Crippen LogP contribution is 2.19. The zero-order chi connectivity index (χ0) is 14.9. The Bertz CT molecular complexity index is 770. The Labute approximate surface area is 124 Å². The third kappa shape index (κ3) is 3.24. The number of aryl methyl sites for hydroxylation is 1. The van der Waals surface area contributed by atoms with Crippen LogP contribution in [0, 0.1) is 0 Å². The molecular formula is C11H11BrN4O3S. The highest BCUT2D eigenvalue weighted by Gasteiger charge is 2.20. The molecule has 0 bridgehead atoms. The minimum Gasteiger partial charge on any atom is -0.304 e. The lowest BCUT2D eigenvalue weighted by molar-refractivity contribution is 0.102. The molecule has 1 amide bonds. The normalized spacial score (nSPS) is 11.3. The van der Waals surface area contributed by atoms with Crippen molar-refractivity contribution in [2.75, 3.05) is 5.32 Å². The lowest BCUT2D eigenvalue weighted by atomic mass is 10.2. The lowest BCUT2D eigenvalue weighted by Gasteiger charge is -2.04. The van der Waals surface area contributed by atoms with Gasteiger partial charge in [-0.2, -0.15) is 5.10 Å². The fraction of sp³-hybridized carbons (Fsp3) is 0.0909. The van der Waals surface area contributed by atoms with E-state index in [1.54, 1.807) is 24.3 Å². The topological polar surface area (TPSA) is 107 Å². The molecule has 0 atom stereocenters. The number of hydrogen-bond donors (Lipinski definition) is 2. The third-order valence-corrected chi connectivity index (χ3v) is 3.83. The van der Waals surface area contributed by atoms with Gasteiger partial charge in [0.15, 0.2) is 5.82 Å². The van der Waals surface area contributed by atoms with Crippen LogP contribution in [0.1, 0.15) is 10.4 Å². The minimum absolute atomic E-state index is 0.0972. The molecule has 0 radical (unpaired) electrons. The summed E-state index contributed by atoms with van der Waals surface area (Å²) in [6.07, 6.45) is 1.23. The number of carbonyl (C=O) groups excluding carboxylic acids is 1. The minimum atomic E-state index is -3.96. The van der Waals surface area contributed by atoms with Crippen LogP contribution in [0.15, 0.2) is 39.8 Å². The number of amides is 1. The second-order valence-corrected chi connectivity index (χ2v) is 6.47. The number of nitrogens with two attached hydrogens (primary N) is 1.